The first kappa shape index (κ1) is 15.8. The van der Waals surface area contributed by atoms with E-state index < -0.39 is 10.0 Å². The highest BCUT2D eigenvalue weighted by atomic mass is 35.5. The third-order valence-corrected chi connectivity index (χ3v) is 4.95. The zero-order valence-corrected chi connectivity index (χ0v) is 13.5. The second-order valence-electron chi connectivity index (χ2n) is 4.83. The van der Waals surface area contributed by atoms with Crippen LogP contribution in [0.2, 0.25) is 5.02 Å². The van der Waals surface area contributed by atoms with E-state index in [9.17, 15) is 8.42 Å². The van der Waals surface area contributed by atoms with Crippen LogP contribution in [0.15, 0.2) is 70.4 Å². The molecule has 0 aliphatic rings. The van der Waals surface area contributed by atoms with Crippen LogP contribution < -0.4 is 4.72 Å². The van der Waals surface area contributed by atoms with Gasteiger partial charge in [0.15, 0.2) is 0 Å². The number of hydrogen-bond donors (Lipinski definition) is 1. The maximum absolute atomic E-state index is 12.4. The Morgan fingerprint density at radius 2 is 2.13 bits per heavy atom. The molecule has 0 aliphatic carbocycles. The Labute approximate surface area is 138 Å². The van der Waals surface area contributed by atoms with Crippen molar-refractivity contribution >= 4 is 21.6 Å². The highest BCUT2D eigenvalue weighted by molar-refractivity contribution is 7.89. The molecule has 2 aromatic heterocycles. The van der Waals surface area contributed by atoms with E-state index in [1.807, 2.05) is 0 Å². The molecule has 6 nitrogen and oxygen atoms in total. The predicted molar refractivity (Wildman–Crippen MR) is 85.7 cm³/mol. The van der Waals surface area contributed by atoms with E-state index in [0.717, 1.165) is 0 Å². The van der Waals surface area contributed by atoms with Crippen LogP contribution in [-0.2, 0) is 10.0 Å². The highest BCUT2D eigenvalue weighted by Crippen LogP contribution is 2.19. The van der Waals surface area contributed by atoms with Gasteiger partial charge in [-0.05, 0) is 36.4 Å². The maximum Gasteiger partial charge on any atom is 0.240 e. The number of aromatic nitrogens is 2. The summed E-state index contributed by atoms with van der Waals surface area (Å²) in [6, 6.07) is 11.0. The van der Waals surface area contributed by atoms with Crippen molar-refractivity contribution in [2.45, 2.75) is 10.9 Å². The third-order valence-electron chi connectivity index (χ3n) is 3.29. The second kappa shape index (κ2) is 6.57. The molecule has 1 atom stereocenters. The molecule has 0 aliphatic heterocycles. The van der Waals surface area contributed by atoms with Crippen LogP contribution in [0.25, 0.3) is 0 Å². The van der Waals surface area contributed by atoms with Crippen LogP contribution in [0.5, 0.6) is 0 Å². The Kier molecular flexibility index (Phi) is 4.51. The molecule has 3 aromatic rings. The lowest BCUT2D eigenvalue weighted by molar-refractivity contribution is 0.402. The molecular weight excluding hydrogens is 338 g/mol. The fraction of sp³-hybridized carbons (Fsp3) is 0.133. The molecule has 0 amide bonds. The fourth-order valence-electron chi connectivity index (χ4n) is 2.18. The van der Waals surface area contributed by atoms with Crippen LogP contribution >= 0.6 is 11.6 Å². The third kappa shape index (κ3) is 3.64. The van der Waals surface area contributed by atoms with Crippen LogP contribution in [0.3, 0.4) is 0 Å². The summed E-state index contributed by atoms with van der Waals surface area (Å²) in [5.74, 6) is 0.613. The molecular formula is C15H14ClN3O3S. The van der Waals surface area contributed by atoms with E-state index in [2.05, 4.69) is 9.82 Å². The highest BCUT2D eigenvalue weighted by Gasteiger charge is 2.21. The summed E-state index contributed by atoms with van der Waals surface area (Å²) >= 11 is 5.85. The lowest BCUT2D eigenvalue weighted by Crippen LogP contribution is -2.31. The first-order valence-corrected chi connectivity index (χ1v) is 8.70. The van der Waals surface area contributed by atoms with Crippen molar-refractivity contribution in [3.05, 3.63) is 71.9 Å². The molecule has 3 rings (SSSR count). The molecule has 0 saturated carbocycles. The Morgan fingerprint density at radius 1 is 1.26 bits per heavy atom. The van der Waals surface area contributed by atoms with Gasteiger partial charge in [-0.15, -0.1) is 0 Å². The Bertz CT molecular complexity index is 827. The van der Waals surface area contributed by atoms with Gasteiger partial charge in [0.1, 0.15) is 11.8 Å². The van der Waals surface area contributed by atoms with Gasteiger partial charge in [0.2, 0.25) is 10.0 Å². The molecule has 120 valence electrons. The number of halogens is 1. The number of nitrogens with zero attached hydrogens (tertiary/aromatic N) is 2. The maximum atomic E-state index is 12.4. The number of benzene rings is 1. The average Bonchev–Trinajstić information content (AvgIpc) is 3.21. The van der Waals surface area contributed by atoms with Gasteiger partial charge in [-0.3, -0.25) is 4.68 Å². The molecule has 23 heavy (non-hydrogen) atoms. The van der Waals surface area contributed by atoms with Crippen molar-refractivity contribution in [3.63, 3.8) is 0 Å². The second-order valence-corrected chi connectivity index (χ2v) is 7.03. The smallest absolute Gasteiger partial charge is 0.240 e. The largest absolute Gasteiger partial charge is 0.467 e. The minimum absolute atomic E-state index is 0.101. The van der Waals surface area contributed by atoms with Gasteiger partial charge >= 0.3 is 0 Å². The van der Waals surface area contributed by atoms with E-state index in [4.69, 9.17) is 16.0 Å². The fourth-order valence-corrected chi connectivity index (χ4v) is 3.52. The summed E-state index contributed by atoms with van der Waals surface area (Å²) in [6.07, 6.45) is 4.92. The van der Waals surface area contributed by atoms with Gasteiger partial charge in [-0.2, -0.15) is 5.10 Å². The molecule has 8 heteroatoms. The lowest BCUT2D eigenvalue weighted by atomic mass is 10.2. The molecule has 2 heterocycles. The first-order chi connectivity index (χ1) is 11.1. The molecule has 1 aromatic carbocycles. The zero-order chi connectivity index (χ0) is 16.3. The van der Waals surface area contributed by atoms with Crippen molar-refractivity contribution < 1.29 is 12.8 Å². The van der Waals surface area contributed by atoms with Crippen molar-refractivity contribution in [2.24, 2.45) is 0 Å². The topological polar surface area (TPSA) is 77.1 Å². The van der Waals surface area contributed by atoms with Crippen molar-refractivity contribution in [1.82, 2.24) is 14.5 Å². The average molecular weight is 352 g/mol. The summed E-state index contributed by atoms with van der Waals surface area (Å²) < 4.78 is 34.4. The summed E-state index contributed by atoms with van der Waals surface area (Å²) in [5, 5.41) is 4.52. The minimum Gasteiger partial charge on any atom is -0.467 e. The monoisotopic (exact) mass is 351 g/mol. The number of nitrogens with one attached hydrogen (secondary N) is 1. The molecule has 1 N–H and O–H groups in total. The van der Waals surface area contributed by atoms with Crippen LogP contribution in [0.1, 0.15) is 11.8 Å². The number of rotatable bonds is 6. The van der Waals surface area contributed by atoms with Gasteiger partial charge < -0.3 is 4.42 Å². The lowest BCUT2D eigenvalue weighted by Gasteiger charge is -2.16. The first-order valence-electron chi connectivity index (χ1n) is 6.84. The summed E-state index contributed by atoms with van der Waals surface area (Å²) in [7, 11) is -3.68. The normalized spacial score (nSPS) is 13.1. The molecule has 0 bridgehead atoms. The van der Waals surface area contributed by atoms with Crippen molar-refractivity contribution in [1.29, 1.82) is 0 Å². The minimum atomic E-state index is -3.68. The summed E-state index contributed by atoms with van der Waals surface area (Å²) in [6.45, 7) is 0.101. The Hall–Kier alpha value is -2.09. The van der Waals surface area contributed by atoms with E-state index in [-0.39, 0.29) is 17.5 Å². The number of furan rings is 1. The zero-order valence-electron chi connectivity index (χ0n) is 12.0. The van der Waals surface area contributed by atoms with Crippen LogP contribution in [-0.4, -0.2) is 24.7 Å². The van der Waals surface area contributed by atoms with Gasteiger partial charge in [0.25, 0.3) is 0 Å². The van der Waals surface area contributed by atoms with Crippen LogP contribution in [0.4, 0.5) is 0 Å². The molecule has 0 spiro atoms. The van der Waals surface area contributed by atoms with Gasteiger partial charge in [-0.1, -0.05) is 17.7 Å². The van der Waals surface area contributed by atoms with E-state index >= 15 is 0 Å². The van der Waals surface area contributed by atoms with Crippen LogP contribution in [0, 0.1) is 0 Å². The molecule has 0 radical (unpaired) electrons. The van der Waals surface area contributed by atoms with E-state index in [0.29, 0.717) is 10.8 Å². The quantitative estimate of drug-likeness (QED) is 0.740. The molecule has 0 saturated heterocycles. The molecule has 0 fully saturated rings. The Morgan fingerprint density at radius 3 is 2.78 bits per heavy atom. The van der Waals surface area contributed by atoms with Gasteiger partial charge in [0.05, 0.1) is 11.2 Å². The number of hydrogen-bond acceptors (Lipinski definition) is 4. The molecule has 1 unspecified atom stereocenters. The predicted octanol–water partition coefficient (Wildman–Crippen LogP) is 2.70. The SMILES string of the molecule is O=S(=O)(NCC(c1ccco1)n1cccn1)c1cccc(Cl)c1. The summed E-state index contributed by atoms with van der Waals surface area (Å²) in [5.41, 5.74) is 0. The number of sulfonamides is 1. The van der Waals surface area contributed by atoms with E-state index in [1.54, 1.807) is 47.4 Å². The van der Waals surface area contributed by atoms with E-state index in [1.165, 1.54) is 18.4 Å². The summed E-state index contributed by atoms with van der Waals surface area (Å²) in [4.78, 5) is 0.115. The van der Waals surface area contributed by atoms with Crippen molar-refractivity contribution in [3.8, 4) is 0 Å². The van der Waals surface area contributed by atoms with Gasteiger partial charge in [-0.25, -0.2) is 13.1 Å². The van der Waals surface area contributed by atoms with Gasteiger partial charge in [0, 0.05) is 24.0 Å². The standard InChI is InChI=1S/C15H14ClN3O3S/c16-12-4-1-5-13(10-12)23(20,21)18-11-14(15-6-2-9-22-15)19-8-3-7-17-19/h1-10,14,18H,11H2. The van der Waals surface area contributed by atoms with Crippen molar-refractivity contribution in [2.75, 3.05) is 6.54 Å². The Balaban J connectivity index is 1.82.